The SMILES string of the molecule is Cc1nc(Cl)cc(NN=Cc2cccc(Cl)c2)n1. The highest BCUT2D eigenvalue weighted by molar-refractivity contribution is 6.30. The number of aryl methyl sites for hydroxylation is 1. The lowest BCUT2D eigenvalue weighted by Gasteiger charge is -2.01. The van der Waals surface area contributed by atoms with Crippen LogP contribution in [0.1, 0.15) is 11.4 Å². The first-order valence-corrected chi connectivity index (χ1v) is 5.95. The normalized spacial score (nSPS) is 10.8. The Morgan fingerprint density at radius 2 is 2.06 bits per heavy atom. The molecule has 1 aromatic carbocycles. The van der Waals surface area contributed by atoms with Crippen LogP contribution in [0.2, 0.25) is 10.2 Å². The molecule has 4 nitrogen and oxygen atoms in total. The molecule has 0 radical (unpaired) electrons. The topological polar surface area (TPSA) is 50.2 Å². The van der Waals surface area contributed by atoms with Gasteiger partial charge < -0.3 is 0 Å². The summed E-state index contributed by atoms with van der Waals surface area (Å²) < 4.78 is 0. The molecular formula is C12H10Cl2N4. The third kappa shape index (κ3) is 3.68. The Kier molecular flexibility index (Phi) is 4.12. The average molecular weight is 281 g/mol. The summed E-state index contributed by atoms with van der Waals surface area (Å²) in [4.78, 5) is 8.09. The first kappa shape index (κ1) is 12.8. The van der Waals surface area contributed by atoms with Crippen molar-refractivity contribution in [3.8, 4) is 0 Å². The number of nitrogens with one attached hydrogen (secondary N) is 1. The third-order valence-corrected chi connectivity index (χ3v) is 2.48. The molecule has 2 aromatic rings. The summed E-state index contributed by atoms with van der Waals surface area (Å²) in [5.74, 6) is 1.13. The number of benzene rings is 1. The highest BCUT2D eigenvalue weighted by atomic mass is 35.5. The van der Waals surface area contributed by atoms with Crippen molar-refractivity contribution in [2.24, 2.45) is 5.10 Å². The molecule has 18 heavy (non-hydrogen) atoms. The Labute approximate surface area is 115 Å². The van der Waals surface area contributed by atoms with Crippen LogP contribution in [0.5, 0.6) is 0 Å². The first-order chi connectivity index (χ1) is 8.63. The van der Waals surface area contributed by atoms with Gasteiger partial charge in [0.1, 0.15) is 11.0 Å². The van der Waals surface area contributed by atoms with E-state index in [0.717, 1.165) is 5.56 Å². The van der Waals surface area contributed by atoms with Crippen molar-refractivity contribution in [2.45, 2.75) is 6.92 Å². The van der Waals surface area contributed by atoms with Crippen LogP contribution in [0.4, 0.5) is 5.82 Å². The van der Waals surface area contributed by atoms with E-state index in [1.165, 1.54) is 0 Å². The van der Waals surface area contributed by atoms with Crippen LogP contribution in [0.25, 0.3) is 0 Å². The Hall–Kier alpha value is -1.65. The number of aromatic nitrogens is 2. The number of rotatable bonds is 3. The van der Waals surface area contributed by atoms with Crippen molar-refractivity contribution in [2.75, 3.05) is 5.43 Å². The van der Waals surface area contributed by atoms with E-state index in [9.17, 15) is 0 Å². The zero-order valence-corrected chi connectivity index (χ0v) is 11.1. The summed E-state index contributed by atoms with van der Waals surface area (Å²) in [6.45, 7) is 1.76. The Bertz CT molecular complexity index is 564. The van der Waals surface area contributed by atoms with Crippen LogP contribution in [0, 0.1) is 6.92 Å². The van der Waals surface area contributed by atoms with Gasteiger partial charge in [-0.25, -0.2) is 9.97 Å². The van der Waals surface area contributed by atoms with E-state index in [1.54, 1.807) is 25.3 Å². The largest absolute Gasteiger partial charge is 0.261 e. The van der Waals surface area contributed by atoms with Crippen molar-refractivity contribution in [1.29, 1.82) is 0 Å². The minimum absolute atomic E-state index is 0.378. The molecule has 0 amide bonds. The van der Waals surface area contributed by atoms with Crippen LogP contribution in [0.15, 0.2) is 35.4 Å². The Balaban J connectivity index is 2.07. The number of nitrogens with zero attached hydrogens (tertiary/aromatic N) is 3. The van der Waals surface area contributed by atoms with Gasteiger partial charge in [-0.15, -0.1) is 0 Å². The van der Waals surface area contributed by atoms with E-state index in [-0.39, 0.29) is 0 Å². The van der Waals surface area contributed by atoms with E-state index in [4.69, 9.17) is 23.2 Å². The van der Waals surface area contributed by atoms with Gasteiger partial charge >= 0.3 is 0 Å². The molecule has 0 saturated carbocycles. The molecule has 1 aromatic heterocycles. The van der Waals surface area contributed by atoms with Crippen LogP contribution >= 0.6 is 23.2 Å². The van der Waals surface area contributed by atoms with Gasteiger partial charge in [0.2, 0.25) is 0 Å². The van der Waals surface area contributed by atoms with E-state index >= 15 is 0 Å². The molecule has 1 heterocycles. The van der Waals surface area contributed by atoms with Gasteiger partial charge in [0.25, 0.3) is 0 Å². The van der Waals surface area contributed by atoms with Gasteiger partial charge in [0.15, 0.2) is 5.82 Å². The zero-order valence-electron chi connectivity index (χ0n) is 9.56. The van der Waals surface area contributed by atoms with E-state index in [0.29, 0.717) is 21.8 Å². The van der Waals surface area contributed by atoms with Gasteiger partial charge in [0, 0.05) is 11.1 Å². The monoisotopic (exact) mass is 280 g/mol. The molecule has 0 atom stereocenters. The second kappa shape index (κ2) is 5.80. The van der Waals surface area contributed by atoms with Gasteiger partial charge in [-0.2, -0.15) is 5.10 Å². The Morgan fingerprint density at radius 3 is 2.78 bits per heavy atom. The van der Waals surface area contributed by atoms with Crippen LogP contribution in [0.3, 0.4) is 0 Å². The van der Waals surface area contributed by atoms with Crippen molar-refractivity contribution in [3.05, 3.63) is 51.9 Å². The fourth-order valence-corrected chi connectivity index (χ4v) is 1.77. The standard InChI is InChI=1S/C12H10Cl2N4/c1-8-16-11(14)6-12(17-8)18-15-7-9-3-2-4-10(13)5-9/h2-7H,1H3,(H,16,17,18). The zero-order chi connectivity index (χ0) is 13.0. The molecule has 6 heteroatoms. The third-order valence-electron chi connectivity index (χ3n) is 2.05. The van der Waals surface area contributed by atoms with E-state index < -0.39 is 0 Å². The average Bonchev–Trinajstić information content (AvgIpc) is 2.27. The molecule has 92 valence electrons. The molecule has 0 aliphatic carbocycles. The molecule has 0 unspecified atom stereocenters. The summed E-state index contributed by atoms with van der Waals surface area (Å²) in [6, 6.07) is 8.97. The maximum absolute atomic E-state index is 5.86. The molecule has 0 aliphatic heterocycles. The van der Waals surface area contributed by atoms with Gasteiger partial charge in [-0.05, 0) is 24.6 Å². The van der Waals surface area contributed by atoms with Gasteiger partial charge in [0.05, 0.1) is 6.21 Å². The molecule has 0 fully saturated rings. The predicted molar refractivity (Wildman–Crippen MR) is 74.4 cm³/mol. The lowest BCUT2D eigenvalue weighted by molar-refractivity contribution is 1.04. The summed E-state index contributed by atoms with van der Waals surface area (Å²) in [5.41, 5.74) is 3.68. The second-order valence-corrected chi connectivity index (χ2v) is 4.37. The molecular weight excluding hydrogens is 271 g/mol. The van der Waals surface area contributed by atoms with Crippen molar-refractivity contribution >= 4 is 35.2 Å². The summed E-state index contributed by atoms with van der Waals surface area (Å²) >= 11 is 11.7. The maximum Gasteiger partial charge on any atom is 0.151 e. The van der Waals surface area contributed by atoms with Crippen LogP contribution in [-0.2, 0) is 0 Å². The number of anilines is 1. The van der Waals surface area contributed by atoms with Crippen LogP contribution < -0.4 is 5.43 Å². The first-order valence-electron chi connectivity index (χ1n) is 5.19. The smallest absolute Gasteiger partial charge is 0.151 e. The number of halogens is 2. The summed E-state index contributed by atoms with van der Waals surface area (Å²) in [5, 5.41) is 5.10. The van der Waals surface area contributed by atoms with E-state index in [1.807, 2.05) is 18.2 Å². The second-order valence-electron chi connectivity index (χ2n) is 3.55. The lowest BCUT2D eigenvalue weighted by atomic mass is 10.2. The molecule has 0 bridgehead atoms. The summed E-state index contributed by atoms with van der Waals surface area (Å²) in [7, 11) is 0. The quantitative estimate of drug-likeness (QED) is 0.532. The molecule has 0 aliphatic rings. The van der Waals surface area contributed by atoms with Crippen LogP contribution in [-0.4, -0.2) is 16.2 Å². The van der Waals surface area contributed by atoms with Gasteiger partial charge in [-0.1, -0.05) is 35.3 Å². The molecule has 0 spiro atoms. The lowest BCUT2D eigenvalue weighted by Crippen LogP contribution is -1.97. The number of hydrogen-bond donors (Lipinski definition) is 1. The van der Waals surface area contributed by atoms with Crippen molar-refractivity contribution in [1.82, 2.24) is 9.97 Å². The minimum Gasteiger partial charge on any atom is -0.261 e. The van der Waals surface area contributed by atoms with Crippen molar-refractivity contribution in [3.63, 3.8) is 0 Å². The number of hydrazone groups is 1. The molecule has 2 rings (SSSR count). The highest BCUT2D eigenvalue weighted by Gasteiger charge is 1.97. The van der Waals surface area contributed by atoms with Gasteiger partial charge in [-0.3, -0.25) is 5.43 Å². The highest BCUT2D eigenvalue weighted by Crippen LogP contribution is 2.11. The Morgan fingerprint density at radius 1 is 1.22 bits per heavy atom. The predicted octanol–water partition coefficient (Wildman–Crippen LogP) is 3.54. The summed E-state index contributed by atoms with van der Waals surface area (Å²) in [6.07, 6.45) is 1.65. The minimum atomic E-state index is 0.378. The van der Waals surface area contributed by atoms with Crippen molar-refractivity contribution < 1.29 is 0 Å². The van der Waals surface area contributed by atoms with E-state index in [2.05, 4.69) is 20.5 Å². The fraction of sp³-hybridized carbons (Fsp3) is 0.0833. The molecule has 1 N–H and O–H groups in total. The number of hydrogen-bond acceptors (Lipinski definition) is 4. The molecule has 0 saturated heterocycles. The fourth-order valence-electron chi connectivity index (χ4n) is 1.35. The maximum atomic E-state index is 5.86.